The third kappa shape index (κ3) is 1.55. The van der Waals surface area contributed by atoms with Crippen LogP contribution in [0.1, 0.15) is 42.5 Å². The Balaban J connectivity index is 1.80. The second-order valence-electron chi connectivity index (χ2n) is 4.91. The number of carbonyl (C=O) groups excluding carboxylic acids is 1. The highest BCUT2D eigenvalue weighted by Gasteiger charge is 2.37. The summed E-state index contributed by atoms with van der Waals surface area (Å²) in [4.78, 5) is 14.3. The van der Waals surface area contributed by atoms with Crippen molar-refractivity contribution in [2.75, 3.05) is 6.54 Å². The first-order chi connectivity index (χ1) is 7.86. The maximum atomic E-state index is 12.3. The van der Waals surface area contributed by atoms with Gasteiger partial charge in [0.25, 0.3) is 5.91 Å². The standard InChI is InChI=1S/C13H17NO2/c15-13(11-6-8-16-9-11)14-7-2-4-10-3-1-5-12(10)14/h6,8-10,12H,1-5,7H2. The van der Waals surface area contributed by atoms with Crippen molar-refractivity contribution in [3.05, 3.63) is 24.2 Å². The van der Waals surface area contributed by atoms with Crippen LogP contribution in [0.3, 0.4) is 0 Å². The van der Waals surface area contributed by atoms with Crippen LogP contribution in [0.15, 0.2) is 23.0 Å². The highest BCUT2D eigenvalue weighted by Crippen LogP contribution is 2.37. The van der Waals surface area contributed by atoms with Gasteiger partial charge < -0.3 is 9.32 Å². The Labute approximate surface area is 95.4 Å². The molecular weight excluding hydrogens is 202 g/mol. The van der Waals surface area contributed by atoms with Gasteiger partial charge in [-0.1, -0.05) is 6.42 Å². The number of furan rings is 1. The lowest BCUT2D eigenvalue weighted by Crippen LogP contribution is -2.46. The van der Waals surface area contributed by atoms with Gasteiger partial charge in [0.1, 0.15) is 6.26 Å². The van der Waals surface area contributed by atoms with Crippen molar-refractivity contribution in [3.8, 4) is 0 Å². The van der Waals surface area contributed by atoms with Crippen molar-refractivity contribution in [1.82, 2.24) is 4.90 Å². The second-order valence-corrected chi connectivity index (χ2v) is 4.91. The molecule has 2 heterocycles. The van der Waals surface area contributed by atoms with Crippen LogP contribution in [0.25, 0.3) is 0 Å². The zero-order chi connectivity index (χ0) is 11.0. The van der Waals surface area contributed by atoms with Gasteiger partial charge in [-0.25, -0.2) is 0 Å². The summed E-state index contributed by atoms with van der Waals surface area (Å²) in [6.45, 7) is 0.922. The maximum absolute atomic E-state index is 12.3. The van der Waals surface area contributed by atoms with Crippen LogP contribution in [0.2, 0.25) is 0 Å². The first-order valence-electron chi connectivity index (χ1n) is 6.19. The molecule has 86 valence electrons. The number of hydrogen-bond acceptors (Lipinski definition) is 2. The molecule has 2 aliphatic rings. The fourth-order valence-corrected chi connectivity index (χ4v) is 3.26. The Bertz CT molecular complexity index is 371. The molecule has 2 unspecified atom stereocenters. The van der Waals surface area contributed by atoms with Crippen molar-refractivity contribution in [1.29, 1.82) is 0 Å². The predicted molar refractivity (Wildman–Crippen MR) is 60.1 cm³/mol. The van der Waals surface area contributed by atoms with E-state index in [0.717, 1.165) is 18.9 Å². The monoisotopic (exact) mass is 219 g/mol. The highest BCUT2D eigenvalue weighted by molar-refractivity contribution is 5.94. The summed E-state index contributed by atoms with van der Waals surface area (Å²) < 4.78 is 4.99. The van der Waals surface area contributed by atoms with Crippen LogP contribution in [-0.4, -0.2) is 23.4 Å². The Morgan fingerprint density at radius 1 is 1.31 bits per heavy atom. The first-order valence-corrected chi connectivity index (χ1v) is 6.19. The van der Waals surface area contributed by atoms with Crippen LogP contribution < -0.4 is 0 Å². The molecule has 0 bridgehead atoms. The van der Waals surface area contributed by atoms with E-state index >= 15 is 0 Å². The molecule has 1 saturated carbocycles. The van der Waals surface area contributed by atoms with E-state index in [9.17, 15) is 4.79 Å². The molecule has 0 N–H and O–H groups in total. The van der Waals surface area contributed by atoms with Gasteiger partial charge in [0.2, 0.25) is 0 Å². The molecule has 3 rings (SSSR count). The SMILES string of the molecule is O=C(c1ccoc1)N1CCCC2CCCC21. The molecule has 0 spiro atoms. The van der Waals surface area contributed by atoms with Gasteiger partial charge in [-0.3, -0.25) is 4.79 Å². The van der Waals surface area contributed by atoms with E-state index < -0.39 is 0 Å². The number of fused-ring (bicyclic) bond motifs is 1. The largest absolute Gasteiger partial charge is 0.472 e. The lowest BCUT2D eigenvalue weighted by molar-refractivity contribution is 0.0547. The van der Waals surface area contributed by atoms with Gasteiger partial charge in [-0.15, -0.1) is 0 Å². The molecule has 1 aliphatic carbocycles. The molecule has 0 radical (unpaired) electrons. The van der Waals surface area contributed by atoms with Crippen LogP contribution in [0.5, 0.6) is 0 Å². The molecule has 1 aliphatic heterocycles. The quantitative estimate of drug-likeness (QED) is 0.727. The molecular formula is C13H17NO2. The molecule has 0 aromatic carbocycles. The molecule has 2 fully saturated rings. The number of hydrogen-bond donors (Lipinski definition) is 0. The van der Waals surface area contributed by atoms with Crippen molar-refractivity contribution < 1.29 is 9.21 Å². The molecule has 1 aromatic heterocycles. The normalized spacial score (nSPS) is 29.1. The van der Waals surface area contributed by atoms with Crippen molar-refractivity contribution >= 4 is 5.91 Å². The Hall–Kier alpha value is -1.25. The number of amides is 1. The fraction of sp³-hybridized carbons (Fsp3) is 0.615. The molecule has 1 amide bonds. The molecule has 1 saturated heterocycles. The van der Waals surface area contributed by atoms with Gasteiger partial charge in [0.05, 0.1) is 11.8 Å². The summed E-state index contributed by atoms with van der Waals surface area (Å²) in [5.41, 5.74) is 0.701. The summed E-state index contributed by atoms with van der Waals surface area (Å²) in [5, 5.41) is 0. The summed E-state index contributed by atoms with van der Waals surface area (Å²) in [6, 6.07) is 2.26. The van der Waals surface area contributed by atoms with Crippen LogP contribution in [-0.2, 0) is 0 Å². The Morgan fingerprint density at radius 2 is 2.19 bits per heavy atom. The topological polar surface area (TPSA) is 33.5 Å². The fourth-order valence-electron chi connectivity index (χ4n) is 3.26. The number of rotatable bonds is 1. The highest BCUT2D eigenvalue weighted by atomic mass is 16.3. The third-order valence-electron chi connectivity index (χ3n) is 4.02. The second kappa shape index (κ2) is 3.96. The van der Waals surface area contributed by atoms with Gasteiger partial charge >= 0.3 is 0 Å². The van der Waals surface area contributed by atoms with E-state index in [2.05, 4.69) is 4.90 Å². The predicted octanol–water partition coefficient (Wildman–Crippen LogP) is 2.68. The minimum atomic E-state index is 0.158. The smallest absolute Gasteiger partial charge is 0.257 e. The van der Waals surface area contributed by atoms with Crippen molar-refractivity contribution in [2.24, 2.45) is 5.92 Å². The summed E-state index contributed by atoms with van der Waals surface area (Å²) in [7, 11) is 0. The average molecular weight is 219 g/mol. The zero-order valence-corrected chi connectivity index (χ0v) is 9.39. The van der Waals surface area contributed by atoms with Crippen molar-refractivity contribution in [3.63, 3.8) is 0 Å². The Kier molecular flexibility index (Phi) is 2.46. The summed E-state index contributed by atoms with van der Waals surface area (Å²) in [6.07, 6.45) is 9.37. The van der Waals surface area contributed by atoms with E-state index in [1.165, 1.54) is 25.7 Å². The zero-order valence-electron chi connectivity index (χ0n) is 9.39. The number of likely N-dealkylation sites (tertiary alicyclic amines) is 1. The number of carbonyl (C=O) groups is 1. The van der Waals surface area contributed by atoms with E-state index in [4.69, 9.17) is 4.42 Å². The first kappa shape index (κ1) is 9.94. The molecule has 2 atom stereocenters. The van der Waals surface area contributed by atoms with Crippen LogP contribution >= 0.6 is 0 Å². The number of nitrogens with zero attached hydrogens (tertiary/aromatic N) is 1. The van der Waals surface area contributed by atoms with Crippen molar-refractivity contribution in [2.45, 2.75) is 38.1 Å². The summed E-state index contributed by atoms with van der Waals surface area (Å²) in [5.74, 6) is 0.912. The number of piperidine rings is 1. The Morgan fingerprint density at radius 3 is 3.00 bits per heavy atom. The lowest BCUT2D eigenvalue weighted by Gasteiger charge is -2.37. The maximum Gasteiger partial charge on any atom is 0.257 e. The average Bonchev–Trinajstić information content (AvgIpc) is 2.98. The molecule has 3 nitrogen and oxygen atoms in total. The van der Waals surface area contributed by atoms with Gasteiger partial charge in [0, 0.05) is 12.6 Å². The molecule has 1 aromatic rings. The van der Waals surface area contributed by atoms with Gasteiger partial charge in [-0.2, -0.15) is 0 Å². The van der Waals surface area contributed by atoms with Crippen LogP contribution in [0, 0.1) is 5.92 Å². The van der Waals surface area contributed by atoms with E-state index in [-0.39, 0.29) is 5.91 Å². The summed E-state index contributed by atoms with van der Waals surface area (Å²) >= 11 is 0. The van der Waals surface area contributed by atoms with Gasteiger partial charge in [0.15, 0.2) is 0 Å². The minimum Gasteiger partial charge on any atom is -0.472 e. The lowest BCUT2D eigenvalue weighted by atomic mass is 9.91. The minimum absolute atomic E-state index is 0.158. The molecule has 3 heteroatoms. The van der Waals surface area contributed by atoms with E-state index in [0.29, 0.717) is 11.6 Å². The third-order valence-corrected chi connectivity index (χ3v) is 4.02. The van der Waals surface area contributed by atoms with E-state index in [1.807, 2.05) is 0 Å². The van der Waals surface area contributed by atoms with Gasteiger partial charge in [-0.05, 0) is 37.7 Å². The van der Waals surface area contributed by atoms with Crippen LogP contribution in [0.4, 0.5) is 0 Å². The van der Waals surface area contributed by atoms with E-state index in [1.54, 1.807) is 18.6 Å². The molecule has 16 heavy (non-hydrogen) atoms.